The average Bonchev–Trinajstić information content (AvgIpc) is 3.11. The van der Waals surface area contributed by atoms with Crippen molar-refractivity contribution in [1.82, 2.24) is 0 Å². The summed E-state index contributed by atoms with van der Waals surface area (Å²) in [7, 11) is -2.47. The Labute approximate surface area is 346 Å². The lowest BCUT2D eigenvalue weighted by atomic mass is 9.84. The van der Waals surface area contributed by atoms with E-state index >= 15 is 0 Å². The molecule has 3 aliphatic heterocycles. The minimum absolute atomic E-state index is 0.0246. The molecule has 0 amide bonds. The van der Waals surface area contributed by atoms with Crippen molar-refractivity contribution in [3.63, 3.8) is 0 Å². The van der Waals surface area contributed by atoms with Crippen molar-refractivity contribution in [3.05, 3.63) is 24.3 Å². The van der Waals surface area contributed by atoms with Gasteiger partial charge in [0.2, 0.25) is 8.38 Å². The van der Waals surface area contributed by atoms with Gasteiger partial charge in [0.05, 0.1) is 59.5 Å². The van der Waals surface area contributed by atoms with Crippen LogP contribution < -0.4 is 9.05 Å². The third kappa shape index (κ3) is 18.6. The lowest BCUT2D eigenvalue weighted by Gasteiger charge is -2.43. The molecular weight excluding hydrogens is 773 g/mol. The van der Waals surface area contributed by atoms with Crippen LogP contribution in [-0.2, 0) is 32.7 Å². The van der Waals surface area contributed by atoms with Gasteiger partial charge in [0.25, 0.3) is 8.38 Å². The summed E-state index contributed by atoms with van der Waals surface area (Å²) < 4.78 is 53.5. The first kappa shape index (κ1) is 53.8. The molecule has 3 heterocycles. The maximum absolute atomic E-state index is 11.2. The summed E-state index contributed by atoms with van der Waals surface area (Å²) in [5, 5.41) is 4.84. The predicted molar refractivity (Wildman–Crippen MR) is 233 cm³/mol. The third-order valence-corrected chi connectivity index (χ3v) is 14.4. The van der Waals surface area contributed by atoms with E-state index in [1.165, 1.54) is 12.8 Å². The van der Waals surface area contributed by atoms with Crippen molar-refractivity contribution in [3.8, 4) is 11.5 Å². The normalized spacial score (nSPS) is 19.6. The van der Waals surface area contributed by atoms with Gasteiger partial charge in [-0.1, -0.05) is 68.7 Å². The van der Waals surface area contributed by atoms with E-state index in [0.29, 0.717) is 49.9 Å². The van der Waals surface area contributed by atoms with Gasteiger partial charge in [-0.3, -0.25) is 0 Å². The smallest absolute Gasteiger partial charge is 0.261 e. The highest BCUT2D eigenvalue weighted by Crippen LogP contribution is 2.61. The Morgan fingerprint density at radius 3 is 1.59 bits per heavy atom. The van der Waals surface area contributed by atoms with Crippen LogP contribution in [0.5, 0.6) is 11.5 Å². The fraction of sp³-hybridized carbons (Fsp3) is 0.857. The molecular formula is C42H81O11P3. The summed E-state index contributed by atoms with van der Waals surface area (Å²) in [6.07, 6.45) is 4.54. The number of rotatable bonds is 21. The first-order valence-electron chi connectivity index (χ1n) is 20.3. The zero-order chi connectivity index (χ0) is 42.9. The Morgan fingerprint density at radius 2 is 1.20 bits per heavy atom. The fourth-order valence-electron chi connectivity index (χ4n) is 4.56. The zero-order valence-electron chi connectivity index (χ0n) is 38.0. The predicted octanol–water partition coefficient (Wildman–Crippen LogP) is 11.3. The second-order valence-electron chi connectivity index (χ2n) is 18.2. The van der Waals surface area contributed by atoms with Crippen LogP contribution in [0, 0.1) is 21.7 Å². The van der Waals surface area contributed by atoms with E-state index in [-0.39, 0.29) is 25.1 Å². The molecule has 1 aromatic rings. The second-order valence-corrected chi connectivity index (χ2v) is 23.6. The molecule has 4 rings (SSSR count). The van der Waals surface area contributed by atoms with Gasteiger partial charge < -0.3 is 51.8 Å². The Morgan fingerprint density at radius 1 is 0.696 bits per heavy atom. The Bertz CT molecular complexity index is 1190. The maximum Gasteiger partial charge on any atom is 0.261 e. The number of ether oxygens (including phenoxy) is 5. The lowest BCUT2D eigenvalue weighted by Crippen LogP contribution is -2.47. The zero-order valence-corrected chi connectivity index (χ0v) is 40.8. The highest BCUT2D eigenvalue weighted by atomic mass is 31.2. The molecule has 2 N–H and O–H groups in total. The largest absolute Gasteiger partial charge is 0.474 e. The van der Waals surface area contributed by atoms with Gasteiger partial charge in [-0.15, -0.1) is 0 Å². The summed E-state index contributed by atoms with van der Waals surface area (Å²) in [5.41, 5.74) is 0.645. The molecule has 3 aliphatic rings. The molecule has 3 atom stereocenters. The molecule has 3 fully saturated rings. The molecule has 3 unspecified atom stereocenters. The van der Waals surface area contributed by atoms with Crippen molar-refractivity contribution >= 4 is 25.6 Å². The first-order valence-corrected chi connectivity index (χ1v) is 23.6. The topological polar surface area (TPSA) is 124 Å². The highest BCUT2D eigenvalue weighted by Gasteiger charge is 2.45. The van der Waals surface area contributed by atoms with Crippen LogP contribution in [0.2, 0.25) is 0 Å². The van der Waals surface area contributed by atoms with E-state index in [2.05, 4.69) is 62.3 Å². The minimum atomic E-state index is -2.03. The van der Waals surface area contributed by atoms with Crippen molar-refractivity contribution in [1.29, 1.82) is 0 Å². The van der Waals surface area contributed by atoms with Crippen LogP contribution in [0.3, 0.4) is 0 Å². The molecule has 14 heteroatoms. The van der Waals surface area contributed by atoms with Gasteiger partial charge in [0, 0.05) is 23.4 Å². The molecule has 330 valence electrons. The SMILES string of the molecule is CCC.CCC(C)(C)COC(C)(C)P(OCC1(C)COC1)OC(C)(C)P(O)Oc1ccc(OPC(C)(C)OCC2(CC)COC2)cc1.CCC1(C)COC1.CO. The number of hydrogen-bond acceptors (Lipinski definition) is 11. The lowest BCUT2D eigenvalue weighted by molar-refractivity contribution is -0.162. The van der Waals surface area contributed by atoms with E-state index in [9.17, 15) is 4.89 Å². The molecule has 0 bridgehead atoms. The monoisotopic (exact) mass is 854 g/mol. The summed E-state index contributed by atoms with van der Waals surface area (Å²) in [6, 6.07) is 7.27. The molecule has 1 aromatic carbocycles. The van der Waals surface area contributed by atoms with Gasteiger partial charge in [-0.05, 0) is 90.5 Å². The van der Waals surface area contributed by atoms with E-state index in [1.54, 1.807) is 12.1 Å². The molecule has 0 aromatic heterocycles. The number of aliphatic hydroxyl groups excluding tert-OH is 1. The fourth-order valence-corrected chi connectivity index (χ4v) is 7.82. The van der Waals surface area contributed by atoms with Crippen molar-refractivity contribution in [2.75, 3.05) is 66.6 Å². The molecule has 0 aliphatic carbocycles. The second kappa shape index (κ2) is 24.3. The van der Waals surface area contributed by atoms with Crippen LogP contribution in [-0.4, -0.2) is 92.6 Å². The Kier molecular flexibility index (Phi) is 23.3. The van der Waals surface area contributed by atoms with Crippen molar-refractivity contribution in [2.24, 2.45) is 21.7 Å². The summed E-state index contributed by atoms with van der Waals surface area (Å²) in [6.45, 7) is 37.8. The maximum atomic E-state index is 11.2. The molecule has 3 saturated heterocycles. The quantitative estimate of drug-likeness (QED) is 0.115. The molecule has 0 radical (unpaired) electrons. The summed E-state index contributed by atoms with van der Waals surface area (Å²) in [4.78, 5) is 11.2. The summed E-state index contributed by atoms with van der Waals surface area (Å²) in [5.74, 6) is 1.24. The van der Waals surface area contributed by atoms with Crippen LogP contribution in [0.1, 0.15) is 130 Å². The average molecular weight is 855 g/mol. The molecule has 0 spiro atoms. The van der Waals surface area contributed by atoms with E-state index in [1.807, 2.05) is 53.7 Å². The Balaban J connectivity index is 0.00000113. The molecule has 11 nitrogen and oxygen atoms in total. The van der Waals surface area contributed by atoms with Gasteiger partial charge in [-0.2, -0.15) is 0 Å². The van der Waals surface area contributed by atoms with Crippen molar-refractivity contribution < 1.29 is 51.8 Å². The van der Waals surface area contributed by atoms with Crippen LogP contribution in [0.25, 0.3) is 0 Å². The van der Waals surface area contributed by atoms with E-state index in [0.717, 1.165) is 46.4 Å². The van der Waals surface area contributed by atoms with Gasteiger partial charge in [0.15, 0.2) is 0 Å². The molecule has 0 saturated carbocycles. The van der Waals surface area contributed by atoms with Gasteiger partial charge in [0.1, 0.15) is 36.3 Å². The van der Waals surface area contributed by atoms with Crippen LogP contribution in [0.4, 0.5) is 0 Å². The number of hydrogen-bond donors (Lipinski definition) is 2. The number of benzene rings is 1. The molecule has 56 heavy (non-hydrogen) atoms. The first-order chi connectivity index (χ1) is 26.0. The Hall–Kier alpha value is -0.250. The summed E-state index contributed by atoms with van der Waals surface area (Å²) >= 11 is 0. The third-order valence-electron chi connectivity index (χ3n) is 9.90. The van der Waals surface area contributed by atoms with Crippen LogP contribution >= 0.6 is 25.6 Å². The standard InChI is InChI=1S/C32H57O9P3.C6H12O.C3H8.CH4O/c1-12-27(3,4)18-37-29(7,8)44(38-21-31(11)19-34-20-31)41-30(9,10)43(33)40-26-16-14-25(15-17-26)39-42-28(5,6)36-24-32(13-2)22-35-23-32;1-3-6(2)4-7-5-6;1-3-2;1-2/h14-17,33,42H,12-13,18-24H2,1-11H3;3-5H2,1-2H3;3H2,1-2H3;2H,1H3. The minimum Gasteiger partial charge on any atom is -0.474 e. The number of aliphatic hydroxyl groups is 1. The van der Waals surface area contributed by atoms with Gasteiger partial charge >= 0.3 is 0 Å². The van der Waals surface area contributed by atoms with E-state index < -0.39 is 32.8 Å². The van der Waals surface area contributed by atoms with Crippen molar-refractivity contribution in [2.45, 2.75) is 146 Å². The van der Waals surface area contributed by atoms with E-state index in [4.69, 9.17) is 46.9 Å². The van der Waals surface area contributed by atoms with Crippen LogP contribution in [0.15, 0.2) is 24.3 Å². The van der Waals surface area contributed by atoms with Gasteiger partial charge in [-0.25, -0.2) is 0 Å². The highest BCUT2D eigenvalue weighted by molar-refractivity contribution is 7.52.